The number of carbonyl (C=O) groups excluding carboxylic acids is 1. The molecule has 1 aromatic carbocycles. The van der Waals surface area contributed by atoms with E-state index in [0.29, 0.717) is 12.5 Å². The first-order valence-electron chi connectivity index (χ1n) is 9.43. The molecule has 2 amide bonds. The number of hydrogen-bond donors (Lipinski definition) is 2. The molecule has 28 heavy (non-hydrogen) atoms. The summed E-state index contributed by atoms with van der Waals surface area (Å²) < 4.78 is 7.03. The molecule has 0 saturated carbocycles. The van der Waals surface area contributed by atoms with Crippen LogP contribution in [0.1, 0.15) is 30.0 Å². The van der Waals surface area contributed by atoms with Crippen LogP contribution in [0.5, 0.6) is 5.75 Å². The zero-order valence-electron chi connectivity index (χ0n) is 15.8. The molecule has 0 atom stereocenters. The van der Waals surface area contributed by atoms with E-state index in [4.69, 9.17) is 4.74 Å². The van der Waals surface area contributed by atoms with E-state index in [1.807, 2.05) is 41.4 Å². The quantitative estimate of drug-likeness (QED) is 0.712. The highest BCUT2D eigenvalue weighted by Crippen LogP contribution is 2.26. The van der Waals surface area contributed by atoms with Crippen LogP contribution in [0.4, 0.5) is 4.79 Å². The number of methoxy groups -OCH3 is 1. The van der Waals surface area contributed by atoms with Crippen LogP contribution in [0.3, 0.4) is 0 Å². The summed E-state index contributed by atoms with van der Waals surface area (Å²) in [6, 6.07) is 9.67. The van der Waals surface area contributed by atoms with Gasteiger partial charge in [0.1, 0.15) is 5.75 Å². The summed E-state index contributed by atoms with van der Waals surface area (Å²) in [4.78, 5) is 14.4. The number of likely N-dealkylation sites (tertiary alicyclic amines) is 1. The number of aromatic nitrogens is 4. The maximum Gasteiger partial charge on any atom is 0.317 e. The lowest BCUT2D eigenvalue weighted by Gasteiger charge is -2.31. The Balaban J connectivity index is 1.29. The summed E-state index contributed by atoms with van der Waals surface area (Å²) >= 11 is 0. The van der Waals surface area contributed by atoms with Gasteiger partial charge in [0.25, 0.3) is 0 Å². The van der Waals surface area contributed by atoms with Crippen molar-refractivity contribution in [1.29, 1.82) is 0 Å². The molecule has 1 saturated heterocycles. The number of H-pyrrole nitrogens is 1. The molecular formula is C20H24N6O2. The number of aromatic amines is 1. The van der Waals surface area contributed by atoms with Crippen molar-refractivity contribution in [3.05, 3.63) is 60.2 Å². The third kappa shape index (κ3) is 4.00. The second kappa shape index (κ2) is 8.16. The van der Waals surface area contributed by atoms with Crippen LogP contribution in [-0.4, -0.2) is 51.1 Å². The Morgan fingerprint density at radius 2 is 2.18 bits per heavy atom. The van der Waals surface area contributed by atoms with Gasteiger partial charge in [-0.25, -0.2) is 9.48 Å². The van der Waals surface area contributed by atoms with E-state index in [0.717, 1.165) is 48.6 Å². The largest absolute Gasteiger partial charge is 0.497 e. The normalized spacial score (nSPS) is 14.8. The maximum absolute atomic E-state index is 12.5. The highest BCUT2D eigenvalue weighted by molar-refractivity contribution is 5.74. The van der Waals surface area contributed by atoms with Crippen LogP contribution < -0.4 is 10.1 Å². The van der Waals surface area contributed by atoms with E-state index >= 15 is 0 Å². The summed E-state index contributed by atoms with van der Waals surface area (Å²) in [7, 11) is 1.64. The smallest absolute Gasteiger partial charge is 0.317 e. The van der Waals surface area contributed by atoms with Gasteiger partial charge in [0.15, 0.2) is 0 Å². The van der Waals surface area contributed by atoms with Gasteiger partial charge in [0.05, 0.1) is 19.0 Å². The maximum atomic E-state index is 12.5. The summed E-state index contributed by atoms with van der Waals surface area (Å²) in [6.45, 7) is 1.94. The van der Waals surface area contributed by atoms with Crippen molar-refractivity contribution in [3.8, 4) is 11.4 Å². The van der Waals surface area contributed by atoms with Crippen molar-refractivity contribution in [3.63, 3.8) is 0 Å². The molecule has 1 fully saturated rings. The average molecular weight is 380 g/mol. The lowest BCUT2D eigenvalue weighted by molar-refractivity contribution is 0.180. The molecule has 146 valence electrons. The number of piperidine rings is 1. The fraction of sp³-hybridized carbons (Fsp3) is 0.350. The minimum Gasteiger partial charge on any atom is -0.497 e. The predicted molar refractivity (Wildman–Crippen MR) is 104 cm³/mol. The van der Waals surface area contributed by atoms with E-state index in [9.17, 15) is 4.79 Å². The fourth-order valence-electron chi connectivity index (χ4n) is 3.52. The SMILES string of the molecule is COc1cccc(-n2cc(CNC(=O)N3CCC(c4ccn[nH]4)CC3)cn2)c1. The third-order valence-electron chi connectivity index (χ3n) is 5.14. The fourth-order valence-corrected chi connectivity index (χ4v) is 3.52. The summed E-state index contributed by atoms with van der Waals surface area (Å²) in [5.41, 5.74) is 3.02. The Morgan fingerprint density at radius 1 is 1.32 bits per heavy atom. The van der Waals surface area contributed by atoms with E-state index in [1.165, 1.54) is 0 Å². The zero-order valence-corrected chi connectivity index (χ0v) is 15.8. The molecule has 1 aliphatic heterocycles. The van der Waals surface area contributed by atoms with E-state index < -0.39 is 0 Å². The third-order valence-corrected chi connectivity index (χ3v) is 5.14. The van der Waals surface area contributed by atoms with Crippen molar-refractivity contribution in [2.24, 2.45) is 0 Å². The first-order chi connectivity index (χ1) is 13.7. The predicted octanol–water partition coefficient (Wildman–Crippen LogP) is 2.69. The van der Waals surface area contributed by atoms with Crippen molar-refractivity contribution in [2.75, 3.05) is 20.2 Å². The molecule has 8 heteroatoms. The second-order valence-corrected chi connectivity index (χ2v) is 6.93. The standard InChI is InChI=1S/C20H24N6O2/c1-28-18-4-2-3-17(11-18)26-14-15(13-23-26)12-21-20(27)25-9-6-16(7-10-25)19-5-8-22-24-19/h2-5,8,11,13-14,16H,6-7,9-10,12H2,1H3,(H,21,27)(H,22,24). The minimum atomic E-state index is -0.0304. The van der Waals surface area contributed by atoms with Gasteiger partial charge in [0, 0.05) is 55.3 Å². The number of carbonyl (C=O) groups is 1. The Morgan fingerprint density at radius 3 is 2.93 bits per heavy atom. The molecule has 8 nitrogen and oxygen atoms in total. The van der Waals surface area contributed by atoms with Crippen LogP contribution >= 0.6 is 0 Å². The van der Waals surface area contributed by atoms with Gasteiger partial charge in [-0.1, -0.05) is 6.07 Å². The van der Waals surface area contributed by atoms with Crippen LogP contribution in [0.2, 0.25) is 0 Å². The first-order valence-corrected chi connectivity index (χ1v) is 9.43. The van der Waals surface area contributed by atoms with Crippen LogP contribution in [0.15, 0.2) is 48.9 Å². The number of hydrogen-bond acceptors (Lipinski definition) is 4. The van der Waals surface area contributed by atoms with Gasteiger partial charge in [-0.15, -0.1) is 0 Å². The summed E-state index contributed by atoms with van der Waals surface area (Å²) in [6.07, 6.45) is 7.36. The first kappa shape index (κ1) is 18.1. The Bertz CT molecular complexity index is 912. The van der Waals surface area contributed by atoms with Crippen molar-refractivity contribution in [2.45, 2.75) is 25.3 Å². The van der Waals surface area contributed by atoms with E-state index in [-0.39, 0.29) is 6.03 Å². The Hall–Kier alpha value is -3.29. The number of urea groups is 1. The molecular weight excluding hydrogens is 356 g/mol. The minimum absolute atomic E-state index is 0.0304. The van der Waals surface area contributed by atoms with Crippen LogP contribution in [0.25, 0.3) is 5.69 Å². The number of rotatable bonds is 5. The van der Waals surface area contributed by atoms with Crippen molar-refractivity contribution >= 4 is 6.03 Å². The van der Waals surface area contributed by atoms with Gasteiger partial charge in [-0.3, -0.25) is 5.10 Å². The molecule has 0 spiro atoms. The van der Waals surface area contributed by atoms with E-state index in [1.54, 1.807) is 24.2 Å². The number of ether oxygens (including phenoxy) is 1. The van der Waals surface area contributed by atoms with Gasteiger partial charge in [-0.05, 0) is 31.0 Å². The lowest BCUT2D eigenvalue weighted by Crippen LogP contribution is -2.43. The zero-order chi connectivity index (χ0) is 19.3. The topological polar surface area (TPSA) is 88.1 Å². The van der Waals surface area contributed by atoms with Crippen LogP contribution in [-0.2, 0) is 6.54 Å². The highest BCUT2D eigenvalue weighted by Gasteiger charge is 2.24. The van der Waals surface area contributed by atoms with Crippen LogP contribution in [0, 0.1) is 0 Å². The lowest BCUT2D eigenvalue weighted by atomic mass is 9.94. The molecule has 0 unspecified atom stereocenters. The molecule has 2 N–H and O–H groups in total. The molecule has 0 radical (unpaired) electrons. The van der Waals surface area contributed by atoms with Crippen molar-refractivity contribution < 1.29 is 9.53 Å². The highest BCUT2D eigenvalue weighted by atomic mass is 16.5. The molecule has 0 aliphatic carbocycles. The monoisotopic (exact) mass is 380 g/mol. The molecule has 2 aromatic heterocycles. The average Bonchev–Trinajstić information content (AvgIpc) is 3.44. The number of nitrogens with zero attached hydrogens (tertiary/aromatic N) is 4. The van der Waals surface area contributed by atoms with E-state index in [2.05, 4.69) is 20.6 Å². The second-order valence-electron chi connectivity index (χ2n) is 6.93. The summed E-state index contributed by atoms with van der Waals surface area (Å²) in [5, 5.41) is 14.4. The van der Waals surface area contributed by atoms with Gasteiger partial charge in [-0.2, -0.15) is 10.2 Å². The van der Waals surface area contributed by atoms with Gasteiger partial charge >= 0.3 is 6.03 Å². The molecule has 3 aromatic rings. The molecule has 3 heterocycles. The Labute approximate surface area is 163 Å². The molecule has 1 aliphatic rings. The molecule has 0 bridgehead atoms. The van der Waals surface area contributed by atoms with Gasteiger partial charge < -0.3 is 15.0 Å². The molecule has 4 rings (SSSR count). The number of benzene rings is 1. The number of amides is 2. The number of nitrogens with one attached hydrogen (secondary N) is 2. The Kier molecular flexibility index (Phi) is 5.27. The van der Waals surface area contributed by atoms with Crippen molar-refractivity contribution in [1.82, 2.24) is 30.2 Å². The summed E-state index contributed by atoms with van der Waals surface area (Å²) in [5.74, 6) is 1.23. The van der Waals surface area contributed by atoms with Gasteiger partial charge in [0.2, 0.25) is 0 Å².